The molecule has 3 N–H and O–H groups in total. The number of carbonyl (C=O) groups is 1. The Labute approximate surface area is 133 Å². The monoisotopic (exact) mass is 328 g/mol. The van der Waals surface area contributed by atoms with Gasteiger partial charge in [0, 0.05) is 13.6 Å². The Morgan fingerprint density at radius 2 is 2.14 bits per heavy atom. The van der Waals surface area contributed by atoms with Crippen molar-refractivity contribution in [1.82, 2.24) is 10.6 Å². The molecule has 0 saturated carbocycles. The van der Waals surface area contributed by atoms with Gasteiger partial charge >= 0.3 is 0 Å². The molecular formula is C15H28N2O4Si. The molecule has 0 aromatic rings. The van der Waals surface area contributed by atoms with Gasteiger partial charge in [0.15, 0.2) is 8.32 Å². The summed E-state index contributed by atoms with van der Waals surface area (Å²) in [6.07, 6.45) is -1.42. The van der Waals surface area contributed by atoms with Gasteiger partial charge in [-0.25, -0.2) is 4.79 Å². The zero-order valence-electron chi connectivity index (χ0n) is 14.3. The zero-order chi connectivity index (χ0) is 17.1. The summed E-state index contributed by atoms with van der Waals surface area (Å²) in [5.41, 5.74) is 0.376. The van der Waals surface area contributed by atoms with Gasteiger partial charge in [-0.2, -0.15) is 0 Å². The van der Waals surface area contributed by atoms with E-state index in [4.69, 9.17) is 4.43 Å². The molecule has 1 amide bonds. The Kier molecular flexibility index (Phi) is 6.12. The summed E-state index contributed by atoms with van der Waals surface area (Å²) in [4.78, 5) is 22.7. The Morgan fingerprint density at radius 1 is 1.55 bits per heavy atom. The van der Waals surface area contributed by atoms with Gasteiger partial charge in [-0.15, -0.1) is 0 Å². The van der Waals surface area contributed by atoms with Crippen LogP contribution in [0.1, 0.15) is 27.2 Å². The molecule has 7 heteroatoms. The predicted octanol–water partition coefficient (Wildman–Crippen LogP) is 0.604. The molecule has 1 heterocycles. The molecular weight excluding hydrogens is 300 g/mol. The number of amides is 1. The maximum atomic E-state index is 11.4. The van der Waals surface area contributed by atoms with Crippen molar-refractivity contribution in [3.63, 3.8) is 0 Å². The van der Waals surface area contributed by atoms with Crippen molar-refractivity contribution in [1.29, 1.82) is 0 Å². The normalized spacial score (nSPS) is 24.0. The lowest BCUT2D eigenvalue weighted by Crippen LogP contribution is -2.45. The lowest BCUT2D eigenvalue weighted by Gasteiger charge is -2.38. The highest BCUT2D eigenvalue weighted by atomic mass is 28.4. The van der Waals surface area contributed by atoms with E-state index in [1.54, 1.807) is 0 Å². The number of rotatable bonds is 5. The van der Waals surface area contributed by atoms with Gasteiger partial charge in [0.2, 0.25) is 5.91 Å². The molecule has 126 valence electrons. The fourth-order valence-corrected chi connectivity index (χ4v) is 3.45. The average molecular weight is 328 g/mol. The highest BCUT2D eigenvalue weighted by molar-refractivity contribution is 6.74. The van der Waals surface area contributed by atoms with E-state index in [9.17, 15) is 14.7 Å². The van der Waals surface area contributed by atoms with Crippen LogP contribution in [0.5, 0.6) is 0 Å². The molecule has 1 aliphatic rings. The summed E-state index contributed by atoms with van der Waals surface area (Å²) in [6, 6.07) is -0.579. The standard InChI is InChI=1S/C15H28N2O4Si/c1-15(2,3)22(5,6)21-12-8-17-14(10(12)9-18)11(19)7-13(20)16-4/h11-12,14,17,19H,7-8H2,1-6H3,(H,16,20)/t11-,12?,14?/m1/s1. The van der Waals surface area contributed by atoms with Gasteiger partial charge in [-0.05, 0) is 18.1 Å². The molecule has 0 aliphatic carbocycles. The molecule has 22 heavy (non-hydrogen) atoms. The van der Waals surface area contributed by atoms with Gasteiger partial charge < -0.3 is 20.2 Å². The Hall–Kier alpha value is -0.983. The molecule has 1 aliphatic heterocycles. The Balaban J connectivity index is 2.83. The molecule has 1 rings (SSSR count). The Bertz CT molecular complexity index is 467. The molecule has 1 saturated heterocycles. The first-order chi connectivity index (χ1) is 10.0. The fourth-order valence-electron chi connectivity index (χ4n) is 2.17. The van der Waals surface area contributed by atoms with Crippen LogP contribution in [0.4, 0.5) is 0 Å². The van der Waals surface area contributed by atoms with Crippen LogP contribution in [0.3, 0.4) is 0 Å². The van der Waals surface area contributed by atoms with E-state index in [2.05, 4.69) is 44.5 Å². The molecule has 6 nitrogen and oxygen atoms in total. The third-order valence-corrected chi connectivity index (χ3v) is 9.11. The molecule has 3 atom stereocenters. The molecule has 0 aromatic heterocycles. The number of aliphatic hydroxyl groups excluding tert-OH is 1. The largest absolute Gasteiger partial charge is 0.408 e. The highest BCUT2D eigenvalue weighted by Crippen LogP contribution is 2.38. The summed E-state index contributed by atoms with van der Waals surface area (Å²) >= 11 is 0. The molecule has 0 radical (unpaired) electrons. The molecule has 0 spiro atoms. The van der Waals surface area contributed by atoms with E-state index in [0.29, 0.717) is 12.1 Å². The highest BCUT2D eigenvalue weighted by Gasteiger charge is 2.44. The predicted molar refractivity (Wildman–Crippen MR) is 87.8 cm³/mol. The first kappa shape index (κ1) is 19.1. The van der Waals surface area contributed by atoms with Crippen molar-refractivity contribution in [2.45, 2.75) is 63.6 Å². The summed E-state index contributed by atoms with van der Waals surface area (Å²) in [6.45, 7) is 11.1. The van der Waals surface area contributed by atoms with Crippen molar-refractivity contribution in [3.05, 3.63) is 5.57 Å². The molecule has 0 aromatic carbocycles. The number of hydrogen-bond acceptors (Lipinski definition) is 5. The van der Waals surface area contributed by atoms with E-state index in [1.807, 2.05) is 5.94 Å². The topological polar surface area (TPSA) is 87.7 Å². The quantitative estimate of drug-likeness (QED) is 0.508. The number of carbonyl (C=O) groups excluding carboxylic acids is 2. The minimum absolute atomic E-state index is 0.0276. The number of hydrogen-bond donors (Lipinski definition) is 3. The molecule has 2 unspecified atom stereocenters. The minimum atomic E-state index is -2.03. The van der Waals surface area contributed by atoms with Crippen LogP contribution >= 0.6 is 0 Å². The first-order valence-corrected chi connectivity index (χ1v) is 10.5. The second kappa shape index (κ2) is 7.06. The van der Waals surface area contributed by atoms with E-state index < -0.39 is 20.5 Å². The van der Waals surface area contributed by atoms with Crippen LogP contribution in [0, 0.1) is 0 Å². The van der Waals surface area contributed by atoms with E-state index in [-0.39, 0.29) is 23.5 Å². The summed E-state index contributed by atoms with van der Waals surface area (Å²) in [7, 11) is -0.521. The van der Waals surface area contributed by atoms with Gasteiger partial charge in [0.05, 0.1) is 30.2 Å². The second-order valence-electron chi connectivity index (χ2n) is 7.25. The van der Waals surface area contributed by atoms with Gasteiger partial charge in [-0.1, -0.05) is 20.8 Å². The molecule has 0 bridgehead atoms. The average Bonchev–Trinajstić information content (AvgIpc) is 2.79. The van der Waals surface area contributed by atoms with Crippen LogP contribution < -0.4 is 10.6 Å². The summed E-state index contributed by atoms with van der Waals surface area (Å²) in [5, 5.41) is 15.7. The number of nitrogens with one attached hydrogen (secondary N) is 2. The third kappa shape index (κ3) is 4.27. The van der Waals surface area contributed by atoms with Crippen molar-refractivity contribution >= 4 is 20.2 Å². The smallest absolute Gasteiger partial charge is 0.222 e. The lowest BCUT2D eigenvalue weighted by atomic mass is 10.0. The van der Waals surface area contributed by atoms with Gasteiger partial charge in [0.25, 0.3) is 0 Å². The van der Waals surface area contributed by atoms with Gasteiger partial charge in [-0.3, -0.25) is 4.79 Å². The SMILES string of the molecule is CNC(=O)C[C@@H](O)C1NCC(O[Si](C)(C)C(C)(C)C)C1=C=O. The van der Waals surface area contributed by atoms with Crippen LogP contribution in [-0.2, 0) is 14.0 Å². The van der Waals surface area contributed by atoms with E-state index in [1.165, 1.54) is 7.05 Å². The van der Waals surface area contributed by atoms with Crippen LogP contribution in [-0.4, -0.2) is 57.1 Å². The number of aliphatic hydroxyl groups is 1. The summed E-state index contributed by atoms with van der Waals surface area (Å²) in [5.74, 6) is 1.65. The van der Waals surface area contributed by atoms with E-state index in [0.717, 1.165) is 0 Å². The maximum absolute atomic E-state index is 11.4. The van der Waals surface area contributed by atoms with Crippen molar-refractivity contribution in [3.8, 4) is 0 Å². The van der Waals surface area contributed by atoms with Crippen molar-refractivity contribution in [2.75, 3.05) is 13.6 Å². The fraction of sp³-hybridized carbons (Fsp3) is 0.800. The first-order valence-electron chi connectivity index (χ1n) is 7.58. The van der Waals surface area contributed by atoms with Crippen LogP contribution in [0.15, 0.2) is 5.57 Å². The van der Waals surface area contributed by atoms with E-state index >= 15 is 0 Å². The lowest BCUT2D eigenvalue weighted by molar-refractivity contribution is -0.122. The minimum Gasteiger partial charge on any atom is -0.408 e. The third-order valence-electron chi connectivity index (χ3n) is 4.62. The van der Waals surface area contributed by atoms with Crippen LogP contribution in [0.2, 0.25) is 18.1 Å². The maximum Gasteiger partial charge on any atom is 0.222 e. The zero-order valence-corrected chi connectivity index (χ0v) is 15.3. The van der Waals surface area contributed by atoms with Crippen molar-refractivity contribution < 1.29 is 19.1 Å². The Morgan fingerprint density at radius 3 is 2.59 bits per heavy atom. The second-order valence-corrected chi connectivity index (χ2v) is 12.0. The van der Waals surface area contributed by atoms with Crippen molar-refractivity contribution in [2.24, 2.45) is 0 Å². The van der Waals surface area contributed by atoms with Crippen LogP contribution in [0.25, 0.3) is 0 Å². The van der Waals surface area contributed by atoms with Gasteiger partial charge in [0.1, 0.15) is 5.94 Å². The summed E-state index contributed by atoms with van der Waals surface area (Å²) < 4.78 is 6.24. The molecule has 1 fully saturated rings.